The summed E-state index contributed by atoms with van der Waals surface area (Å²) in [7, 11) is 0. The van der Waals surface area contributed by atoms with Crippen LogP contribution in [-0.2, 0) is 11.3 Å². The van der Waals surface area contributed by atoms with Gasteiger partial charge in [0.05, 0.1) is 5.02 Å². The Morgan fingerprint density at radius 1 is 1.53 bits per heavy atom. The van der Waals surface area contributed by atoms with Crippen molar-refractivity contribution in [1.29, 1.82) is 0 Å². The highest BCUT2D eigenvalue weighted by Crippen LogP contribution is 2.25. The molecule has 5 heteroatoms. The molecule has 0 spiro atoms. The molecular formula is C14H18ClFN2O. The second kappa shape index (κ2) is 5.88. The molecule has 0 radical (unpaired) electrons. The molecule has 0 saturated carbocycles. The third-order valence-electron chi connectivity index (χ3n) is 3.58. The smallest absolute Gasteiger partial charge is 0.221 e. The zero-order chi connectivity index (χ0) is 14.0. The van der Waals surface area contributed by atoms with Gasteiger partial charge in [0, 0.05) is 37.7 Å². The van der Waals surface area contributed by atoms with Crippen LogP contribution in [0.25, 0.3) is 0 Å². The van der Waals surface area contributed by atoms with Crippen LogP contribution >= 0.6 is 11.6 Å². The van der Waals surface area contributed by atoms with E-state index in [0.29, 0.717) is 36.6 Å². The number of benzene rings is 1. The number of hydrogen-bond donors (Lipinski definition) is 1. The first-order valence-corrected chi connectivity index (χ1v) is 6.81. The van der Waals surface area contributed by atoms with Gasteiger partial charge in [-0.2, -0.15) is 0 Å². The molecule has 0 bridgehead atoms. The lowest BCUT2D eigenvalue weighted by Crippen LogP contribution is -2.37. The minimum absolute atomic E-state index is 0.0464. The molecular weight excluding hydrogens is 267 g/mol. The molecule has 1 aliphatic rings. The molecule has 3 nitrogen and oxygen atoms in total. The number of nitrogens with zero attached hydrogens (tertiary/aromatic N) is 1. The molecule has 1 aromatic carbocycles. The highest BCUT2D eigenvalue weighted by atomic mass is 35.5. The van der Waals surface area contributed by atoms with Crippen LogP contribution in [0.5, 0.6) is 0 Å². The van der Waals surface area contributed by atoms with E-state index < -0.39 is 0 Å². The van der Waals surface area contributed by atoms with Crippen molar-refractivity contribution >= 4 is 17.5 Å². The normalized spacial score (nSPS) is 21.1. The molecule has 1 heterocycles. The lowest BCUT2D eigenvalue weighted by molar-refractivity contribution is -0.120. The van der Waals surface area contributed by atoms with Crippen LogP contribution in [0.2, 0.25) is 5.02 Å². The van der Waals surface area contributed by atoms with Gasteiger partial charge in [-0.05, 0) is 25.5 Å². The van der Waals surface area contributed by atoms with Gasteiger partial charge in [-0.3, -0.25) is 9.69 Å². The maximum absolute atomic E-state index is 13.9. The van der Waals surface area contributed by atoms with E-state index in [1.54, 1.807) is 6.07 Å². The van der Waals surface area contributed by atoms with Gasteiger partial charge in [-0.1, -0.05) is 17.7 Å². The third kappa shape index (κ3) is 3.25. The van der Waals surface area contributed by atoms with Crippen molar-refractivity contribution in [1.82, 2.24) is 10.2 Å². The Morgan fingerprint density at radius 2 is 2.26 bits per heavy atom. The van der Waals surface area contributed by atoms with Gasteiger partial charge in [-0.25, -0.2) is 4.39 Å². The molecule has 19 heavy (non-hydrogen) atoms. The summed E-state index contributed by atoms with van der Waals surface area (Å²) in [5.74, 6) is -0.239. The monoisotopic (exact) mass is 284 g/mol. The predicted molar refractivity (Wildman–Crippen MR) is 73.6 cm³/mol. The lowest BCUT2D eigenvalue weighted by atomic mass is 10.1. The fourth-order valence-electron chi connectivity index (χ4n) is 2.24. The van der Waals surface area contributed by atoms with Gasteiger partial charge in [-0.15, -0.1) is 0 Å². The molecule has 1 saturated heterocycles. The Kier molecular flexibility index (Phi) is 4.42. The number of amides is 1. The standard InChI is InChI=1S/C14H18ClFN2O/c1-9-3-4-12(16)11(14(9)15)8-18-6-5-13(19)17-7-10(18)2/h3-4,10H,5-8H2,1-2H3,(H,17,19)/t10-/m1/s1. The van der Waals surface area contributed by atoms with Crippen molar-refractivity contribution in [2.24, 2.45) is 0 Å². The van der Waals surface area contributed by atoms with Crippen LogP contribution in [-0.4, -0.2) is 29.9 Å². The quantitative estimate of drug-likeness (QED) is 0.905. The maximum Gasteiger partial charge on any atom is 0.221 e. The van der Waals surface area contributed by atoms with Crippen LogP contribution in [0.4, 0.5) is 4.39 Å². The third-order valence-corrected chi connectivity index (χ3v) is 4.11. The first kappa shape index (κ1) is 14.3. The van der Waals surface area contributed by atoms with Gasteiger partial charge in [0.1, 0.15) is 5.82 Å². The molecule has 0 aliphatic carbocycles. The average Bonchev–Trinajstić information content (AvgIpc) is 2.54. The Bertz CT molecular complexity index is 493. The summed E-state index contributed by atoms with van der Waals surface area (Å²) in [4.78, 5) is 13.5. The second-order valence-corrected chi connectivity index (χ2v) is 5.41. The number of carbonyl (C=O) groups is 1. The summed E-state index contributed by atoms with van der Waals surface area (Å²) >= 11 is 6.19. The number of carbonyl (C=O) groups excluding carboxylic acids is 1. The first-order chi connectivity index (χ1) is 8.99. The van der Waals surface area contributed by atoms with E-state index in [-0.39, 0.29) is 17.8 Å². The first-order valence-electron chi connectivity index (χ1n) is 6.43. The maximum atomic E-state index is 13.9. The van der Waals surface area contributed by atoms with Crippen molar-refractivity contribution in [2.45, 2.75) is 32.9 Å². The molecule has 1 amide bonds. The van der Waals surface area contributed by atoms with E-state index in [1.165, 1.54) is 6.07 Å². The summed E-state index contributed by atoms with van der Waals surface area (Å²) in [6, 6.07) is 3.29. The summed E-state index contributed by atoms with van der Waals surface area (Å²) in [5, 5.41) is 3.33. The number of halogens is 2. The zero-order valence-electron chi connectivity index (χ0n) is 11.2. The van der Waals surface area contributed by atoms with Crippen molar-refractivity contribution in [3.63, 3.8) is 0 Å². The summed E-state index contributed by atoms with van der Waals surface area (Å²) in [6.07, 6.45) is 0.440. The van der Waals surface area contributed by atoms with E-state index in [9.17, 15) is 9.18 Å². The van der Waals surface area contributed by atoms with Gasteiger partial charge < -0.3 is 5.32 Å². The van der Waals surface area contributed by atoms with Gasteiger partial charge in [0.15, 0.2) is 0 Å². The largest absolute Gasteiger partial charge is 0.355 e. The van der Waals surface area contributed by atoms with Crippen molar-refractivity contribution in [2.75, 3.05) is 13.1 Å². The van der Waals surface area contributed by atoms with Crippen molar-refractivity contribution < 1.29 is 9.18 Å². The highest BCUT2D eigenvalue weighted by Gasteiger charge is 2.22. The van der Waals surface area contributed by atoms with E-state index in [0.717, 1.165) is 5.56 Å². The van der Waals surface area contributed by atoms with Crippen LogP contribution in [0.3, 0.4) is 0 Å². The van der Waals surface area contributed by atoms with E-state index >= 15 is 0 Å². The predicted octanol–water partition coefficient (Wildman–Crippen LogP) is 2.50. The van der Waals surface area contributed by atoms with E-state index in [4.69, 9.17) is 11.6 Å². The SMILES string of the molecule is Cc1ccc(F)c(CN2CCC(=O)NC[C@H]2C)c1Cl. The molecule has 1 atom stereocenters. The van der Waals surface area contributed by atoms with E-state index in [2.05, 4.69) is 10.2 Å². The van der Waals surface area contributed by atoms with Crippen LogP contribution in [0.1, 0.15) is 24.5 Å². The van der Waals surface area contributed by atoms with Crippen molar-refractivity contribution in [3.8, 4) is 0 Å². The molecule has 0 unspecified atom stereocenters. The van der Waals surface area contributed by atoms with Gasteiger partial charge in [0.2, 0.25) is 5.91 Å². The molecule has 1 N–H and O–H groups in total. The van der Waals surface area contributed by atoms with Crippen LogP contribution < -0.4 is 5.32 Å². The Hall–Kier alpha value is -1.13. The van der Waals surface area contributed by atoms with E-state index in [1.807, 2.05) is 13.8 Å². The summed E-state index contributed by atoms with van der Waals surface area (Å²) in [5.41, 5.74) is 1.39. The lowest BCUT2D eigenvalue weighted by Gasteiger charge is -2.27. The molecule has 1 aliphatic heterocycles. The molecule has 104 valence electrons. The van der Waals surface area contributed by atoms with Crippen molar-refractivity contribution in [3.05, 3.63) is 34.1 Å². The highest BCUT2D eigenvalue weighted by molar-refractivity contribution is 6.32. The Labute approximate surface area is 117 Å². The molecule has 1 fully saturated rings. The minimum Gasteiger partial charge on any atom is -0.355 e. The zero-order valence-corrected chi connectivity index (χ0v) is 11.9. The van der Waals surface area contributed by atoms with Gasteiger partial charge >= 0.3 is 0 Å². The Balaban J connectivity index is 2.20. The molecule has 1 aromatic rings. The number of hydrogen-bond acceptors (Lipinski definition) is 2. The summed E-state index contributed by atoms with van der Waals surface area (Å²) < 4.78 is 13.9. The molecule has 2 rings (SSSR count). The fraction of sp³-hybridized carbons (Fsp3) is 0.500. The number of nitrogens with one attached hydrogen (secondary N) is 1. The van der Waals surface area contributed by atoms with Gasteiger partial charge in [0.25, 0.3) is 0 Å². The van der Waals surface area contributed by atoms with Crippen LogP contribution in [0.15, 0.2) is 12.1 Å². The minimum atomic E-state index is -0.286. The topological polar surface area (TPSA) is 32.3 Å². The average molecular weight is 285 g/mol. The fourth-order valence-corrected chi connectivity index (χ4v) is 2.46. The van der Waals surface area contributed by atoms with Crippen LogP contribution in [0, 0.1) is 12.7 Å². The number of rotatable bonds is 2. The second-order valence-electron chi connectivity index (χ2n) is 5.03. The summed E-state index contributed by atoms with van der Waals surface area (Å²) in [6.45, 7) is 5.53. The molecule has 0 aromatic heterocycles. The number of aryl methyl sites for hydroxylation is 1. The Morgan fingerprint density at radius 3 is 3.00 bits per heavy atom.